The van der Waals surface area contributed by atoms with Crippen molar-refractivity contribution in [2.24, 2.45) is 5.92 Å². The van der Waals surface area contributed by atoms with Crippen LogP contribution in [0.5, 0.6) is 11.6 Å². The number of aromatic nitrogens is 1. The van der Waals surface area contributed by atoms with E-state index in [1.54, 1.807) is 35.0 Å². The fourth-order valence-corrected chi connectivity index (χ4v) is 4.49. The van der Waals surface area contributed by atoms with Crippen LogP contribution in [0.3, 0.4) is 0 Å². The Morgan fingerprint density at radius 2 is 2.03 bits per heavy atom. The Bertz CT molecular complexity index is 993. The van der Waals surface area contributed by atoms with E-state index in [0.29, 0.717) is 55.1 Å². The topological polar surface area (TPSA) is 72.0 Å². The summed E-state index contributed by atoms with van der Waals surface area (Å²) in [7, 11) is 0. The summed E-state index contributed by atoms with van der Waals surface area (Å²) in [6.07, 6.45) is 6.08. The van der Waals surface area contributed by atoms with Gasteiger partial charge in [0.05, 0.1) is 18.7 Å². The van der Waals surface area contributed by atoms with Crippen molar-refractivity contribution >= 4 is 29.3 Å². The van der Waals surface area contributed by atoms with Crippen molar-refractivity contribution in [1.29, 1.82) is 0 Å². The maximum absolute atomic E-state index is 13.0. The summed E-state index contributed by atoms with van der Waals surface area (Å²) >= 11 is 1.62. The van der Waals surface area contributed by atoms with Crippen LogP contribution in [0, 0.1) is 5.92 Å². The normalized spacial score (nSPS) is 20.4. The predicted molar refractivity (Wildman–Crippen MR) is 119 cm³/mol. The van der Waals surface area contributed by atoms with Gasteiger partial charge in [-0.15, -0.1) is 11.8 Å². The van der Waals surface area contributed by atoms with Crippen molar-refractivity contribution in [1.82, 2.24) is 9.88 Å². The molecule has 2 fully saturated rings. The SMILES string of the molecule is CSCN1Cc2ccc(N3CC[C@@H](Oc4ccc(OCC5CC5)nc4)C3=O)cc2C1=O. The number of hydrogen-bond acceptors (Lipinski definition) is 6. The van der Waals surface area contributed by atoms with Crippen molar-refractivity contribution in [2.75, 3.05) is 30.2 Å². The molecule has 5 rings (SSSR count). The molecule has 2 aromatic rings. The average Bonchev–Trinajstić information content (AvgIpc) is 3.48. The van der Waals surface area contributed by atoms with Crippen LogP contribution in [-0.4, -0.2) is 53.1 Å². The zero-order chi connectivity index (χ0) is 21.4. The minimum Gasteiger partial charge on any atom is -0.479 e. The zero-order valence-corrected chi connectivity index (χ0v) is 18.3. The lowest BCUT2D eigenvalue weighted by Gasteiger charge is -2.18. The van der Waals surface area contributed by atoms with E-state index >= 15 is 0 Å². The summed E-state index contributed by atoms with van der Waals surface area (Å²) in [5, 5.41) is 0. The molecular weight excluding hydrogens is 414 g/mol. The molecule has 2 amide bonds. The molecule has 0 bridgehead atoms. The van der Waals surface area contributed by atoms with Crippen LogP contribution >= 0.6 is 11.8 Å². The molecule has 3 aliphatic rings. The maximum atomic E-state index is 13.0. The molecule has 31 heavy (non-hydrogen) atoms. The maximum Gasteiger partial charge on any atom is 0.268 e. The number of hydrogen-bond donors (Lipinski definition) is 0. The van der Waals surface area contributed by atoms with Crippen LogP contribution in [0.15, 0.2) is 36.5 Å². The van der Waals surface area contributed by atoms with Crippen LogP contribution in [0.25, 0.3) is 0 Å². The molecule has 2 aliphatic heterocycles. The van der Waals surface area contributed by atoms with Gasteiger partial charge in [0, 0.05) is 36.8 Å². The van der Waals surface area contributed by atoms with E-state index < -0.39 is 6.10 Å². The lowest BCUT2D eigenvalue weighted by Crippen LogP contribution is -2.32. The third kappa shape index (κ3) is 4.21. The van der Waals surface area contributed by atoms with E-state index in [2.05, 4.69) is 4.98 Å². The number of benzene rings is 1. The highest BCUT2D eigenvalue weighted by Gasteiger charge is 2.36. The van der Waals surface area contributed by atoms with Crippen molar-refractivity contribution in [3.63, 3.8) is 0 Å². The molecule has 1 aromatic carbocycles. The molecule has 1 saturated heterocycles. The van der Waals surface area contributed by atoms with Crippen molar-refractivity contribution in [3.8, 4) is 11.6 Å². The van der Waals surface area contributed by atoms with Crippen LogP contribution < -0.4 is 14.4 Å². The van der Waals surface area contributed by atoms with Gasteiger partial charge >= 0.3 is 0 Å². The molecule has 0 radical (unpaired) electrons. The number of ether oxygens (including phenoxy) is 2. The summed E-state index contributed by atoms with van der Waals surface area (Å²) in [5.74, 6) is 2.40. The number of carbonyl (C=O) groups is 2. The highest BCUT2D eigenvalue weighted by molar-refractivity contribution is 7.98. The Labute approximate surface area is 185 Å². The van der Waals surface area contributed by atoms with Gasteiger partial charge in [0.15, 0.2) is 6.10 Å². The molecule has 162 valence electrons. The fraction of sp³-hybridized carbons (Fsp3) is 0.435. The molecule has 1 aromatic heterocycles. The van der Waals surface area contributed by atoms with Crippen LogP contribution in [0.2, 0.25) is 0 Å². The number of rotatable bonds is 8. The van der Waals surface area contributed by atoms with Gasteiger partial charge < -0.3 is 19.3 Å². The summed E-state index contributed by atoms with van der Waals surface area (Å²) in [6.45, 7) is 1.89. The molecule has 1 saturated carbocycles. The Morgan fingerprint density at radius 3 is 2.77 bits per heavy atom. The standard InChI is InChI=1S/C23H25N3O4S/c1-31-14-25-12-16-4-5-17(10-19(16)22(25)27)26-9-8-20(23(26)28)30-18-6-7-21(24-11-18)29-13-15-2-3-15/h4-7,10-11,15,20H,2-3,8-9,12-14H2,1H3/t20-/m1/s1. The first-order valence-electron chi connectivity index (χ1n) is 10.6. The predicted octanol–water partition coefficient (Wildman–Crippen LogP) is 3.33. The third-order valence-electron chi connectivity index (χ3n) is 5.88. The first kappa shape index (κ1) is 20.2. The summed E-state index contributed by atoms with van der Waals surface area (Å²) in [4.78, 5) is 33.4. The van der Waals surface area contributed by atoms with E-state index in [-0.39, 0.29) is 11.8 Å². The minimum atomic E-state index is -0.558. The van der Waals surface area contributed by atoms with Crippen LogP contribution in [0.1, 0.15) is 35.2 Å². The van der Waals surface area contributed by atoms with Crippen LogP contribution in [-0.2, 0) is 11.3 Å². The Hall–Kier alpha value is -2.74. The molecule has 3 heterocycles. The Kier molecular flexibility index (Phi) is 5.48. The molecule has 7 nitrogen and oxygen atoms in total. The lowest BCUT2D eigenvalue weighted by molar-refractivity contribution is -0.122. The van der Waals surface area contributed by atoms with Crippen molar-refractivity contribution < 1.29 is 19.1 Å². The summed E-state index contributed by atoms with van der Waals surface area (Å²) in [6, 6.07) is 9.28. The second-order valence-corrected chi connectivity index (χ2v) is 9.07. The third-order valence-corrected chi connectivity index (χ3v) is 6.45. The first-order valence-corrected chi connectivity index (χ1v) is 12.0. The van der Waals surface area contributed by atoms with Crippen LogP contribution in [0.4, 0.5) is 5.69 Å². The molecule has 0 N–H and O–H groups in total. The quantitative estimate of drug-likeness (QED) is 0.628. The van der Waals surface area contributed by atoms with Gasteiger partial charge in [-0.2, -0.15) is 0 Å². The number of amides is 2. The van der Waals surface area contributed by atoms with Crippen molar-refractivity contribution in [3.05, 3.63) is 47.7 Å². The van der Waals surface area contributed by atoms with Gasteiger partial charge in [0.25, 0.3) is 11.8 Å². The van der Waals surface area contributed by atoms with Gasteiger partial charge in [-0.3, -0.25) is 9.59 Å². The number of fused-ring (bicyclic) bond motifs is 1. The first-order chi connectivity index (χ1) is 15.1. The van der Waals surface area contributed by atoms with E-state index in [0.717, 1.165) is 11.3 Å². The van der Waals surface area contributed by atoms with E-state index in [4.69, 9.17) is 9.47 Å². The molecule has 1 atom stereocenters. The monoisotopic (exact) mass is 439 g/mol. The number of thioether (sulfide) groups is 1. The van der Waals surface area contributed by atoms with Gasteiger partial charge in [-0.25, -0.2) is 4.98 Å². The summed E-state index contributed by atoms with van der Waals surface area (Å²) in [5.41, 5.74) is 2.45. The van der Waals surface area contributed by atoms with Gasteiger partial charge in [0.2, 0.25) is 5.88 Å². The average molecular weight is 440 g/mol. The molecular formula is C23H25N3O4S. The highest BCUT2D eigenvalue weighted by atomic mass is 32.2. The number of pyridine rings is 1. The number of carbonyl (C=O) groups excluding carboxylic acids is 2. The fourth-order valence-electron chi connectivity index (χ4n) is 3.97. The lowest BCUT2D eigenvalue weighted by atomic mass is 10.1. The van der Waals surface area contributed by atoms with E-state index in [9.17, 15) is 9.59 Å². The molecule has 0 unspecified atom stereocenters. The second-order valence-electron chi connectivity index (χ2n) is 8.23. The Balaban J connectivity index is 1.23. The Morgan fingerprint density at radius 1 is 1.16 bits per heavy atom. The molecule has 1 aliphatic carbocycles. The van der Waals surface area contributed by atoms with E-state index in [1.165, 1.54) is 12.8 Å². The van der Waals surface area contributed by atoms with Gasteiger partial charge in [-0.1, -0.05) is 6.07 Å². The van der Waals surface area contributed by atoms with Crippen molar-refractivity contribution in [2.45, 2.75) is 31.9 Å². The highest BCUT2D eigenvalue weighted by Crippen LogP contribution is 2.32. The van der Waals surface area contributed by atoms with Gasteiger partial charge in [0.1, 0.15) is 5.75 Å². The van der Waals surface area contributed by atoms with Gasteiger partial charge in [-0.05, 0) is 48.8 Å². The zero-order valence-electron chi connectivity index (χ0n) is 17.5. The minimum absolute atomic E-state index is 0.0284. The molecule has 0 spiro atoms. The summed E-state index contributed by atoms with van der Waals surface area (Å²) < 4.78 is 11.6. The number of anilines is 1. The second kappa shape index (κ2) is 8.42. The largest absolute Gasteiger partial charge is 0.479 e. The van der Waals surface area contributed by atoms with E-state index in [1.807, 2.05) is 29.4 Å². The molecule has 8 heteroatoms. The number of nitrogens with zero attached hydrogens (tertiary/aromatic N) is 3. The smallest absolute Gasteiger partial charge is 0.268 e.